The van der Waals surface area contributed by atoms with Gasteiger partial charge in [-0.1, -0.05) is 35.5 Å². The third-order valence-corrected chi connectivity index (χ3v) is 4.12. The van der Waals surface area contributed by atoms with Gasteiger partial charge in [-0.3, -0.25) is 4.79 Å². The molecular weight excluding hydrogens is 314 g/mol. The molecule has 0 bridgehead atoms. The van der Waals surface area contributed by atoms with E-state index in [4.69, 9.17) is 0 Å². The first-order chi connectivity index (χ1) is 10.7. The maximum absolute atomic E-state index is 12.5. The Morgan fingerprint density at radius 3 is 2.70 bits per heavy atom. The van der Waals surface area contributed by atoms with Crippen molar-refractivity contribution >= 4 is 18.3 Å². The van der Waals surface area contributed by atoms with Crippen molar-refractivity contribution in [2.24, 2.45) is 0 Å². The van der Waals surface area contributed by atoms with E-state index in [-0.39, 0.29) is 24.4 Å². The van der Waals surface area contributed by atoms with E-state index in [0.29, 0.717) is 12.2 Å². The predicted molar refractivity (Wildman–Crippen MR) is 90.8 cm³/mol. The van der Waals surface area contributed by atoms with Crippen molar-refractivity contribution in [1.82, 2.24) is 25.2 Å². The summed E-state index contributed by atoms with van der Waals surface area (Å²) in [6.45, 7) is 2.55. The molecule has 1 aromatic heterocycles. The number of nitrogens with zero attached hydrogens (tertiary/aromatic N) is 4. The summed E-state index contributed by atoms with van der Waals surface area (Å²) >= 11 is 0. The first-order valence-corrected chi connectivity index (χ1v) is 7.66. The molecule has 0 atom stereocenters. The van der Waals surface area contributed by atoms with Gasteiger partial charge < -0.3 is 10.2 Å². The van der Waals surface area contributed by atoms with Crippen LogP contribution in [0.15, 0.2) is 36.5 Å². The molecule has 1 aliphatic rings. The first kappa shape index (κ1) is 17.4. The van der Waals surface area contributed by atoms with E-state index in [1.807, 2.05) is 37.4 Å². The second-order valence-corrected chi connectivity index (χ2v) is 5.68. The van der Waals surface area contributed by atoms with Gasteiger partial charge in [0, 0.05) is 13.1 Å². The highest BCUT2D eigenvalue weighted by molar-refractivity contribution is 5.91. The van der Waals surface area contributed by atoms with Crippen LogP contribution in [0.2, 0.25) is 0 Å². The second kappa shape index (κ2) is 8.08. The van der Waals surface area contributed by atoms with Crippen molar-refractivity contribution in [3.63, 3.8) is 0 Å². The summed E-state index contributed by atoms with van der Waals surface area (Å²) in [7, 11) is 1.86. The average Bonchev–Trinajstić information content (AvgIpc) is 3.04. The molecule has 7 heteroatoms. The number of rotatable bonds is 4. The van der Waals surface area contributed by atoms with Crippen LogP contribution < -0.4 is 5.32 Å². The molecule has 2 heterocycles. The van der Waals surface area contributed by atoms with Gasteiger partial charge in [0.2, 0.25) is 0 Å². The lowest BCUT2D eigenvalue weighted by Crippen LogP contribution is -2.44. The number of amides is 1. The lowest BCUT2D eigenvalue weighted by atomic mass is 10.1. The molecule has 1 saturated heterocycles. The fraction of sp³-hybridized carbons (Fsp3) is 0.438. The molecular formula is C16H22ClN5O. The minimum Gasteiger partial charge on any atom is -0.337 e. The first-order valence-electron chi connectivity index (χ1n) is 7.66. The number of piperidine rings is 1. The Morgan fingerprint density at radius 2 is 2.00 bits per heavy atom. The maximum atomic E-state index is 12.5. The van der Waals surface area contributed by atoms with Gasteiger partial charge in [0.1, 0.15) is 0 Å². The number of aromatic nitrogens is 3. The molecule has 1 N–H and O–H groups in total. The van der Waals surface area contributed by atoms with E-state index >= 15 is 0 Å². The van der Waals surface area contributed by atoms with Crippen molar-refractivity contribution in [3.05, 3.63) is 47.8 Å². The minimum atomic E-state index is -0.0498. The molecule has 0 saturated carbocycles. The fourth-order valence-corrected chi connectivity index (χ4v) is 2.78. The number of halogens is 1. The highest BCUT2D eigenvalue weighted by atomic mass is 35.5. The normalized spacial score (nSPS) is 15.0. The minimum absolute atomic E-state index is 0. The lowest BCUT2D eigenvalue weighted by molar-refractivity contribution is 0.0697. The number of carbonyl (C=O) groups is 1. The highest BCUT2D eigenvalue weighted by Crippen LogP contribution is 2.13. The standard InChI is InChI=1S/C16H21N5O.ClH/c1-20(14-7-9-17-10-8-14)16(22)15-12-21(19-18-15)11-13-5-3-2-4-6-13;/h2-6,12,14,17H,7-11H2,1H3;1H. The van der Waals surface area contributed by atoms with Gasteiger partial charge in [0.15, 0.2) is 5.69 Å². The smallest absolute Gasteiger partial charge is 0.276 e. The fourth-order valence-electron chi connectivity index (χ4n) is 2.78. The molecule has 3 rings (SSSR count). The molecule has 2 aromatic rings. The summed E-state index contributed by atoms with van der Waals surface area (Å²) in [5.74, 6) is -0.0498. The largest absolute Gasteiger partial charge is 0.337 e. The molecule has 6 nitrogen and oxygen atoms in total. The zero-order valence-corrected chi connectivity index (χ0v) is 14.0. The summed E-state index contributed by atoms with van der Waals surface area (Å²) in [5.41, 5.74) is 1.55. The monoisotopic (exact) mass is 335 g/mol. The third kappa shape index (κ3) is 4.30. The van der Waals surface area contributed by atoms with Crippen LogP contribution in [0.5, 0.6) is 0 Å². The van der Waals surface area contributed by atoms with E-state index < -0.39 is 0 Å². The van der Waals surface area contributed by atoms with Crippen LogP contribution in [0, 0.1) is 0 Å². The molecule has 0 radical (unpaired) electrons. The van der Waals surface area contributed by atoms with Crippen molar-refractivity contribution in [2.75, 3.05) is 20.1 Å². The highest BCUT2D eigenvalue weighted by Gasteiger charge is 2.24. The van der Waals surface area contributed by atoms with Gasteiger partial charge in [-0.05, 0) is 31.5 Å². The van der Waals surface area contributed by atoms with Crippen molar-refractivity contribution in [3.8, 4) is 0 Å². The van der Waals surface area contributed by atoms with Gasteiger partial charge in [-0.25, -0.2) is 4.68 Å². The van der Waals surface area contributed by atoms with Crippen LogP contribution in [0.3, 0.4) is 0 Å². The summed E-state index contributed by atoms with van der Waals surface area (Å²) in [6.07, 6.45) is 3.70. The Labute approximate surface area is 142 Å². The molecule has 1 aromatic carbocycles. The Hall–Kier alpha value is -1.92. The quantitative estimate of drug-likeness (QED) is 0.921. The predicted octanol–water partition coefficient (Wildman–Crippen LogP) is 1.57. The Bertz CT molecular complexity index is 624. The zero-order valence-electron chi connectivity index (χ0n) is 13.2. The van der Waals surface area contributed by atoms with E-state index in [1.54, 1.807) is 15.8 Å². The molecule has 23 heavy (non-hydrogen) atoms. The van der Waals surface area contributed by atoms with E-state index in [0.717, 1.165) is 31.5 Å². The lowest BCUT2D eigenvalue weighted by Gasteiger charge is -2.31. The van der Waals surface area contributed by atoms with Gasteiger partial charge >= 0.3 is 0 Å². The Morgan fingerprint density at radius 1 is 1.30 bits per heavy atom. The van der Waals surface area contributed by atoms with Crippen LogP contribution in [-0.4, -0.2) is 52.0 Å². The van der Waals surface area contributed by atoms with Crippen LogP contribution in [-0.2, 0) is 6.54 Å². The van der Waals surface area contributed by atoms with Crippen molar-refractivity contribution < 1.29 is 4.79 Å². The number of hydrogen-bond donors (Lipinski definition) is 1. The molecule has 0 unspecified atom stereocenters. The van der Waals surface area contributed by atoms with Crippen molar-refractivity contribution in [2.45, 2.75) is 25.4 Å². The number of nitrogens with one attached hydrogen (secondary N) is 1. The molecule has 1 amide bonds. The molecule has 0 spiro atoms. The van der Waals surface area contributed by atoms with Crippen LogP contribution >= 0.6 is 12.4 Å². The van der Waals surface area contributed by atoms with Gasteiger partial charge in [0.25, 0.3) is 5.91 Å². The summed E-state index contributed by atoms with van der Waals surface area (Å²) in [6, 6.07) is 10.3. The molecule has 1 fully saturated rings. The van der Waals surface area contributed by atoms with Crippen LogP contribution in [0.1, 0.15) is 28.9 Å². The van der Waals surface area contributed by atoms with E-state index in [9.17, 15) is 4.79 Å². The Kier molecular flexibility index (Phi) is 6.12. The summed E-state index contributed by atoms with van der Waals surface area (Å²) in [5, 5.41) is 11.4. The molecule has 1 aliphatic heterocycles. The number of benzene rings is 1. The number of hydrogen-bond acceptors (Lipinski definition) is 4. The van der Waals surface area contributed by atoms with Gasteiger partial charge in [-0.2, -0.15) is 0 Å². The third-order valence-electron chi connectivity index (χ3n) is 4.12. The SMILES string of the molecule is CN(C(=O)c1cn(Cc2ccccc2)nn1)C1CCNCC1.Cl. The summed E-state index contributed by atoms with van der Waals surface area (Å²) in [4.78, 5) is 14.3. The van der Waals surface area contributed by atoms with Gasteiger partial charge in [-0.15, -0.1) is 17.5 Å². The van der Waals surface area contributed by atoms with Crippen LogP contribution in [0.4, 0.5) is 0 Å². The number of carbonyl (C=O) groups excluding carboxylic acids is 1. The topological polar surface area (TPSA) is 63.1 Å². The molecule has 124 valence electrons. The second-order valence-electron chi connectivity index (χ2n) is 5.68. The maximum Gasteiger partial charge on any atom is 0.276 e. The Balaban J connectivity index is 0.00000192. The van der Waals surface area contributed by atoms with Crippen molar-refractivity contribution in [1.29, 1.82) is 0 Å². The average molecular weight is 336 g/mol. The van der Waals surface area contributed by atoms with E-state index in [2.05, 4.69) is 15.6 Å². The zero-order chi connectivity index (χ0) is 15.4. The molecule has 0 aliphatic carbocycles. The van der Waals surface area contributed by atoms with Crippen LogP contribution in [0.25, 0.3) is 0 Å². The summed E-state index contributed by atoms with van der Waals surface area (Å²) < 4.78 is 1.71. The van der Waals surface area contributed by atoms with E-state index in [1.165, 1.54) is 0 Å². The van der Waals surface area contributed by atoms with Gasteiger partial charge in [0.05, 0.1) is 12.7 Å².